The molecule has 0 saturated carbocycles. The summed E-state index contributed by atoms with van der Waals surface area (Å²) in [6.45, 7) is 5.45. The number of nitrogens with zero attached hydrogens (tertiary/aromatic N) is 1. The number of nitrogens with two attached hydrogens (primary N) is 1. The lowest BCUT2D eigenvalue weighted by Crippen LogP contribution is -2.50. The van der Waals surface area contributed by atoms with Crippen LogP contribution in [-0.2, 0) is 9.59 Å². The highest BCUT2D eigenvalue weighted by molar-refractivity contribution is 5.82. The van der Waals surface area contributed by atoms with Crippen LogP contribution in [0.5, 0.6) is 0 Å². The molecule has 0 spiro atoms. The van der Waals surface area contributed by atoms with Gasteiger partial charge in [-0.2, -0.15) is 0 Å². The van der Waals surface area contributed by atoms with Crippen molar-refractivity contribution in [2.45, 2.75) is 52.0 Å². The summed E-state index contributed by atoms with van der Waals surface area (Å²) in [4.78, 5) is 24.7. The standard InChI is InChI=1S/C14H26N2O3/c1-3-10(2)13(15)14(19)16-8-4-5-11(9-16)6-7-12(17)18/h10-11,13H,3-9,15H2,1-2H3,(H,17,18)/t10?,11?,13-/m0/s1. The van der Waals surface area contributed by atoms with Crippen LogP contribution in [0.1, 0.15) is 46.0 Å². The van der Waals surface area contributed by atoms with Gasteiger partial charge < -0.3 is 15.7 Å². The van der Waals surface area contributed by atoms with Crippen LogP contribution in [0.4, 0.5) is 0 Å². The Morgan fingerprint density at radius 3 is 2.74 bits per heavy atom. The van der Waals surface area contributed by atoms with Crippen LogP contribution < -0.4 is 5.73 Å². The molecule has 1 aliphatic heterocycles. The molecule has 3 atom stereocenters. The minimum atomic E-state index is -0.764. The van der Waals surface area contributed by atoms with Crippen LogP contribution in [0.3, 0.4) is 0 Å². The molecule has 3 N–H and O–H groups in total. The summed E-state index contributed by atoms with van der Waals surface area (Å²) in [5, 5.41) is 8.71. The lowest BCUT2D eigenvalue weighted by atomic mass is 9.91. The van der Waals surface area contributed by atoms with Crippen LogP contribution >= 0.6 is 0 Å². The second kappa shape index (κ2) is 7.48. The van der Waals surface area contributed by atoms with E-state index in [2.05, 4.69) is 0 Å². The molecule has 0 aromatic heterocycles. The van der Waals surface area contributed by atoms with Gasteiger partial charge in [0.1, 0.15) is 0 Å². The van der Waals surface area contributed by atoms with Crippen LogP contribution in [-0.4, -0.2) is 41.0 Å². The number of amides is 1. The molecule has 0 aromatic carbocycles. The Morgan fingerprint density at radius 2 is 2.16 bits per heavy atom. The lowest BCUT2D eigenvalue weighted by Gasteiger charge is -2.35. The first-order valence-corrected chi connectivity index (χ1v) is 7.21. The summed E-state index contributed by atoms with van der Waals surface area (Å²) < 4.78 is 0. The topological polar surface area (TPSA) is 83.6 Å². The molecule has 5 heteroatoms. The second-order valence-corrected chi connectivity index (χ2v) is 5.64. The number of carboxylic acid groups (broad SMARTS) is 1. The Morgan fingerprint density at radius 1 is 1.47 bits per heavy atom. The maximum atomic E-state index is 12.3. The molecule has 0 bridgehead atoms. The zero-order chi connectivity index (χ0) is 14.4. The van der Waals surface area contributed by atoms with Crippen molar-refractivity contribution in [1.29, 1.82) is 0 Å². The molecule has 1 heterocycles. The average molecular weight is 270 g/mol. The second-order valence-electron chi connectivity index (χ2n) is 5.64. The maximum absolute atomic E-state index is 12.3. The van der Waals surface area contributed by atoms with Gasteiger partial charge in [-0.1, -0.05) is 20.3 Å². The number of rotatable bonds is 6. The summed E-state index contributed by atoms with van der Waals surface area (Å²) in [5.41, 5.74) is 5.98. The van der Waals surface area contributed by atoms with E-state index >= 15 is 0 Å². The first-order valence-electron chi connectivity index (χ1n) is 7.21. The highest BCUT2D eigenvalue weighted by Crippen LogP contribution is 2.22. The molecule has 2 unspecified atom stereocenters. The van der Waals surface area contributed by atoms with Gasteiger partial charge in [0.05, 0.1) is 6.04 Å². The van der Waals surface area contributed by atoms with Crippen molar-refractivity contribution < 1.29 is 14.7 Å². The Kier molecular flexibility index (Phi) is 6.28. The van der Waals surface area contributed by atoms with Gasteiger partial charge in [-0.15, -0.1) is 0 Å². The minimum Gasteiger partial charge on any atom is -0.481 e. The van der Waals surface area contributed by atoms with Gasteiger partial charge in [-0.3, -0.25) is 9.59 Å². The molecule has 1 amide bonds. The lowest BCUT2D eigenvalue weighted by molar-refractivity contribution is -0.137. The van der Waals surface area contributed by atoms with E-state index in [9.17, 15) is 9.59 Å². The van der Waals surface area contributed by atoms with E-state index in [4.69, 9.17) is 10.8 Å². The summed E-state index contributed by atoms with van der Waals surface area (Å²) in [6, 6.07) is -0.428. The maximum Gasteiger partial charge on any atom is 0.303 e. The van der Waals surface area contributed by atoms with E-state index in [0.29, 0.717) is 18.9 Å². The fourth-order valence-electron chi connectivity index (χ4n) is 2.54. The van der Waals surface area contributed by atoms with Crippen LogP contribution in [0.25, 0.3) is 0 Å². The first-order chi connectivity index (χ1) is 8.95. The van der Waals surface area contributed by atoms with E-state index in [-0.39, 0.29) is 18.2 Å². The Hall–Kier alpha value is -1.10. The molecule has 1 saturated heterocycles. The van der Waals surface area contributed by atoms with Crippen molar-refractivity contribution in [3.8, 4) is 0 Å². The Balaban J connectivity index is 2.49. The van der Waals surface area contributed by atoms with Gasteiger partial charge in [-0.05, 0) is 31.1 Å². The van der Waals surface area contributed by atoms with Crippen LogP contribution in [0.15, 0.2) is 0 Å². The third-order valence-corrected chi connectivity index (χ3v) is 4.14. The monoisotopic (exact) mass is 270 g/mol. The zero-order valence-corrected chi connectivity index (χ0v) is 12.0. The normalized spacial score (nSPS) is 22.9. The molecule has 1 rings (SSSR count). The summed E-state index contributed by atoms with van der Waals surface area (Å²) in [7, 11) is 0. The number of piperidine rings is 1. The molecular weight excluding hydrogens is 244 g/mol. The van der Waals surface area contributed by atoms with Gasteiger partial charge in [0.15, 0.2) is 0 Å². The summed E-state index contributed by atoms with van der Waals surface area (Å²) in [6.07, 6.45) is 3.68. The highest BCUT2D eigenvalue weighted by Gasteiger charge is 2.29. The first kappa shape index (κ1) is 16.0. The van der Waals surface area contributed by atoms with Crippen LogP contribution in [0, 0.1) is 11.8 Å². The fraction of sp³-hybridized carbons (Fsp3) is 0.857. The number of carboxylic acids is 1. The van der Waals surface area contributed by atoms with Crippen LogP contribution in [0.2, 0.25) is 0 Å². The molecule has 19 heavy (non-hydrogen) atoms. The van der Waals surface area contributed by atoms with Crippen molar-refractivity contribution in [1.82, 2.24) is 4.90 Å². The molecule has 0 aromatic rings. The van der Waals surface area contributed by atoms with Gasteiger partial charge >= 0.3 is 5.97 Å². The molecule has 0 radical (unpaired) electrons. The van der Waals surface area contributed by atoms with E-state index in [1.165, 1.54) is 0 Å². The van der Waals surface area contributed by atoms with Crippen molar-refractivity contribution in [2.24, 2.45) is 17.6 Å². The summed E-state index contributed by atoms with van der Waals surface area (Å²) >= 11 is 0. The van der Waals surface area contributed by atoms with Crippen molar-refractivity contribution in [3.05, 3.63) is 0 Å². The van der Waals surface area contributed by atoms with Gasteiger partial charge in [0.25, 0.3) is 0 Å². The van der Waals surface area contributed by atoms with E-state index in [0.717, 1.165) is 25.8 Å². The smallest absolute Gasteiger partial charge is 0.303 e. The molecular formula is C14H26N2O3. The third-order valence-electron chi connectivity index (χ3n) is 4.14. The minimum absolute atomic E-state index is 0.0226. The largest absolute Gasteiger partial charge is 0.481 e. The SMILES string of the molecule is CCC(C)[C@H](N)C(=O)N1CCCC(CCC(=O)O)C1. The summed E-state index contributed by atoms with van der Waals surface area (Å²) in [5.74, 6) is -0.251. The number of likely N-dealkylation sites (tertiary alicyclic amines) is 1. The molecule has 5 nitrogen and oxygen atoms in total. The quantitative estimate of drug-likeness (QED) is 0.765. The number of hydrogen-bond donors (Lipinski definition) is 2. The van der Waals surface area contributed by atoms with E-state index in [1.54, 1.807) is 0 Å². The number of aliphatic carboxylic acids is 1. The molecule has 0 aliphatic carbocycles. The van der Waals surface area contributed by atoms with E-state index in [1.807, 2.05) is 18.7 Å². The number of hydrogen-bond acceptors (Lipinski definition) is 3. The Labute approximate surface area is 115 Å². The Bertz CT molecular complexity index is 320. The predicted molar refractivity (Wildman–Crippen MR) is 73.6 cm³/mol. The molecule has 110 valence electrons. The van der Waals surface area contributed by atoms with Crippen molar-refractivity contribution >= 4 is 11.9 Å². The fourth-order valence-corrected chi connectivity index (χ4v) is 2.54. The van der Waals surface area contributed by atoms with Gasteiger partial charge in [0.2, 0.25) is 5.91 Å². The number of carbonyl (C=O) groups excluding carboxylic acids is 1. The van der Waals surface area contributed by atoms with Crippen molar-refractivity contribution in [3.63, 3.8) is 0 Å². The molecule has 1 fully saturated rings. The van der Waals surface area contributed by atoms with E-state index < -0.39 is 12.0 Å². The third kappa shape index (κ3) is 4.82. The average Bonchev–Trinajstić information content (AvgIpc) is 2.42. The van der Waals surface area contributed by atoms with Gasteiger partial charge in [0, 0.05) is 19.5 Å². The highest BCUT2D eigenvalue weighted by atomic mass is 16.4. The predicted octanol–water partition coefficient (Wildman–Crippen LogP) is 1.46. The zero-order valence-electron chi connectivity index (χ0n) is 12.0. The van der Waals surface area contributed by atoms with Crippen molar-refractivity contribution in [2.75, 3.05) is 13.1 Å². The molecule has 1 aliphatic rings. The number of carbonyl (C=O) groups is 2. The van der Waals surface area contributed by atoms with Gasteiger partial charge in [-0.25, -0.2) is 0 Å².